The number of hydrogen-bond donors (Lipinski definition) is 2. The Morgan fingerprint density at radius 2 is 1.62 bits per heavy atom. The first-order chi connectivity index (χ1) is 12.0. The van der Waals surface area contributed by atoms with E-state index in [1.807, 2.05) is 19.1 Å². The molecule has 0 atom stereocenters. The molecule has 4 nitrogen and oxygen atoms in total. The fraction of sp³-hybridized carbons (Fsp3) is 0.682. The molecule has 4 heteroatoms. The predicted molar refractivity (Wildman–Crippen MR) is 108 cm³/mol. The molecular weight excluding hydrogens is 326 g/mol. The zero-order valence-corrected chi connectivity index (χ0v) is 17.7. The summed E-state index contributed by atoms with van der Waals surface area (Å²) in [6.45, 7) is 16.6. The molecule has 0 heterocycles. The summed E-state index contributed by atoms with van der Waals surface area (Å²) in [6, 6.07) is 4.10. The third-order valence-electron chi connectivity index (χ3n) is 4.42. The molecule has 0 aromatic heterocycles. The molecule has 0 saturated carbocycles. The number of ether oxygens (including phenoxy) is 1. The molecule has 2 N–H and O–H groups in total. The van der Waals surface area contributed by atoms with E-state index in [-0.39, 0.29) is 16.7 Å². The van der Waals surface area contributed by atoms with Crippen molar-refractivity contribution in [3.05, 3.63) is 28.8 Å². The summed E-state index contributed by atoms with van der Waals surface area (Å²) in [5.74, 6) is 0.443. The number of phenolic OH excluding ortho intramolecular Hbond substituents is 1. The number of aromatic hydroxyl groups is 1. The van der Waals surface area contributed by atoms with Gasteiger partial charge in [0.1, 0.15) is 5.75 Å². The second-order valence-corrected chi connectivity index (χ2v) is 8.94. The van der Waals surface area contributed by atoms with Crippen LogP contribution in [0.1, 0.15) is 78.0 Å². The van der Waals surface area contributed by atoms with E-state index >= 15 is 0 Å². The summed E-state index contributed by atoms with van der Waals surface area (Å²) in [4.78, 5) is 12.1. The second-order valence-electron chi connectivity index (χ2n) is 8.94. The summed E-state index contributed by atoms with van der Waals surface area (Å²) < 4.78 is 5.27. The topological polar surface area (TPSA) is 58.6 Å². The van der Waals surface area contributed by atoms with Gasteiger partial charge in [-0.25, -0.2) is 0 Å². The number of carbonyl (C=O) groups excluding carboxylic acids is 1. The average Bonchev–Trinajstić information content (AvgIpc) is 2.51. The highest BCUT2D eigenvalue weighted by Gasteiger charge is 2.26. The number of benzene rings is 1. The highest BCUT2D eigenvalue weighted by Crippen LogP contribution is 2.39. The van der Waals surface area contributed by atoms with Gasteiger partial charge in [0.15, 0.2) is 0 Å². The van der Waals surface area contributed by atoms with E-state index in [1.54, 1.807) is 0 Å². The van der Waals surface area contributed by atoms with Crippen LogP contribution in [0.15, 0.2) is 12.1 Å². The maximum Gasteiger partial charge on any atom is 0.220 e. The number of nitrogens with one attached hydrogen (secondary N) is 1. The fourth-order valence-electron chi connectivity index (χ4n) is 2.87. The van der Waals surface area contributed by atoms with E-state index in [0.29, 0.717) is 38.3 Å². The average molecular weight is 364 g/mol. The van der Waals surface area contributed by atoms with E-state index in [9.17, 15) is 9.90 Å². The minimum atomic E-state index is -0.151. The van der Waals surface area contributed by atoms with Crippen molar-refractivity contribution in [3.63, 3.8) is 0 Å². The van der Waals surface area contributed by atoms with Crippen molar-refractivity contribution in [3.8, 4) is 5.75 Å². The summed E-state index contributed by atoms with van der Waals surface area (Å²) in [5.41, 5.74) is 2.68. The summed E-state index contributed by atoms with van der Waals surface area (Å²) in [7, 11) is 0. The first kappa shape index (κ1) is 22.5. The van der Waals surface area contributed by atoms with Crippen LogP contribution in [-0.4, -0.2) is 30.8 Å². The number of rotatable bonds is 8. The molecule has 1 rings (SSSR count). The van der Waals surface area contributed by atoms with Crippen LogP contribution >= 0.6 is 0 Å². The molecule has 1 aromatic rings. The van der Waals surface area contributed by atoms with Gasteiger partial charge in [-0.1, -0.05) is 53.7 Å². The van der Waals surface area contributed by atoms with Crippen molar-refractivity contribution in [2.75, 3.05) is 19.8 Å². The highest BCUT2D eigenvalue weighted by molar-refractivity contribution is 5.76. The van der Waals surface area contributed by atoms with Crippen LogP contribution in [0.3, 0.4) is 0 Å². The Hall–Kier alpha value is -1.55. The largest absolute Gasteiger partial charge is 0.507 e. The predicted octanol–water partition coefficient (Wildman–Crippen LogP) is 4.46. The van der Waals surface area contributed by atoms with Crippen LogP contribution in [0.25, 0.3) is 0 Å². The van der Waals surface area contributed by atoms with Crippen LogP contribution in [0, 0.1) is 0 Å². The molecule has 0 saturated heterocycles. The molecule has 1 amide bonds. The van der Waals surface area contributed by atoms with Crippen molar-refractivity contribution >= 4 is 5.91 Å². The molecule has 148 valence electrons. The number of phenols is 1. The SMILES string of the molecule is CCOCCCNC(=O)CCc1cc(C(C)(C)C)c(O)c(C(C)(C)C)c1. The molecule has 0 unspecified atom stereocenters. The lowest BCUT2D eigenvalue weighted by Gasteiger charge is -2.28. The van der Waals surface area contributed by atoms with E-state index in [1.165, 1.54) is 0 Å². The Morgan fingerprint density at radius 3 is 2.08 bits per heavy atom. The van der Waals surface area contributed by atoms with Gasteiger partial charge in [-0.3, -0.25) is 4.79 Å². The summed E-state index contributed by atoms with van der Waals surface area (Å²) in [6.07, 6.45) is 1.96. The molecule has 26 heavy (non-hydrogen) atoms. The Kier molecular flexibility index (Phi) is 8.14. The zero-order valence-electron chi connectivity index (χ0n) is 17.7. The lowest BCUT2D eigenvalue weighted by Crippen LogP contribution is -2.25. The maximum atomic E-state index is 12.1. The standard InChI is InChI=1S/C22H37NO3/c1-8-26-13-9-12-23-19(24)11-10-16-14-17(21(2,3)4)20(25)18(15-16)22(5,6)7/h14-15,25H,8-13H2,1-7H3,(H,23,24). The lowest BCUT2D eigenvalue weighted by atomic mass is 9.78. The van der Waals surface area contributed by atoms with Crippen LogP contribution < -0.4 is 5.32 Å². The molecule has 0 fully saturated rings. The van der Waals surface area contributed by atoms with Gasteiger partial charge in [-0.2, -0.15) is 0 Å². The monoisotopic (exact) mass is 363 g/mol. The number of carbonyl (C=O) groups is 1. The third kappa shape index (κ3) is 6.99. The van der Waals surface area contributed by atoms with Gasteiger partial charge in [0, 0.05) is 26.2 Å². The second kappa shape index (κ2) is 9.40. The lowest BCUT2D eigenvalue weighted by molar-refractivity contribution is -0.121. The van der Waals surface area contributed by atoms with Crippen molar-refractivity contribution in [1.29, 1.82) is 0 Å². The zero-order chi connectivity index (χ0) is 20.0. The Balaban J connectivity index is 2.82. The molecule has 0 aliphatic rings. The van der Waals surface area contributed by atoms with Crippen LogP contribution in [0.2, 0.25) is 0 Å². The van der Waals surface area contributed by atoms with Gasteiger partial charge in [0.2, 0.25) is 5.91 Å². The van der Waals surface area contributed by atoms with E-state index in [4.69, 9.17) is 4.74 Å². The summed E-state index contributed by atoms with van der Waals surface area (Å²) in [5, 5.41) is 13.7. The molecule has 0 bridgehead atoms. The molecule has 0 aliphatic heterocycles. The third-order valence-corrected chi connectivity index (χ3v) is 4.42. The van der Waals surface area contributed by atoms with Gasteiger partial charge in [0.05, 0.1) is 0 Å². The Labute approximate surface area is 159 Å². The van der Waals surface area contributed by atoms with E-state index in [2.05, 4.69) is 46.9 Å². The first-order valence-corrected chi connectivity index (χ1v) is 9.68. The van der Waals surface area contributed by atoms with Crippen molar-refractivity contribution in [1.82, 2.24) is 5.32 Å². The minimum Gasteiger partial charge on any atom is -0.507 e. The van der Waals surface area contributed by atoms with Gasteiger partial charge in [0.25, 0.3) is 0 Å². The van der Waals surface area contributed by atoms with Gasteiger partial charge in [-0.15, -0.1) is 0 Å². The van der Waals surface area contributed by atoms with E-state index in [0.717, 1.165) is 23.1 Å². The maximum absolute atomic E-state index is 12.1. The number of hydrogen-bond acceptors (Lipinski definition) is 3. The van der Waals surface area contributed by atoms with Gasteiger partial charge < -0.3 is 15.2 Å². The first-order valence-electron chi connectivity index (χ1n) is 9.68. The van der Waals surface area contributed by atoms with Crippen molar-refractivity contribution in [2.45, 2.75) is 78.6 Å². The highest BCUT2D eigenvalue weighted by atomic mass is 16.5. The van der Waals surface area contributed by atoms with E-state index < -0.39 is 0 Å². The summed E-state index contributed by atoms with van der Waals surface area (Å²) >= 11 is 0. The van der Waals surface area contributed by atoms with Crippen molar-refractivity contribution < 1.29 is 14.6 Å². The van der Waals surface area contributed by atoms with Gasteiger partial charge >= 0.3 is 0 Å². The van der Waals surface area contributed by atoms with Crippen LogP contribution in [0.5, 0.6) is 5.75 Å². The van der Waals surface area contributed by atoms with Crippen LogP contribution in [-0.2, 0) is 26.8 Å². The molecular formula is C22H37NO3. The fourth-order valence-corrected chi connectivity index (χ4v) is 2.87. The van der Waals surface area contributed by atoms with Crippen molar-refractivity contribution in [2.24, 2.45) is 0 Å². The quantitative estimate of drug-likeness (QED) is 0.670. The molecule has 0 aliphatic carbocycles. The Morgan fingerprint density at radius 1 is 1.08 bits per heavy atom. The van der Waals surface area contributed by atoms with Crippen LogP contribution in [0.4, 0.5) is 0 Å². The number of aryl methyl sites for hydroxylation is 1. The minimum absolute atomic E-state index is 0.0594. The molecule has 0 spiro atoms. The number of amides is 1. The molecule has 0 radical (unpaired) electrons. The normalized spacial score (nSPS) is 12.3. The molecule has 1 aromatic carbocycles. The Bertz CT molecular complexity index is 559. The smallest absolute Gasteiger partial charge is 0.220 e. The van der Waals surface area contributed by atoms with Gasteiger partial charge in [-0.05, 0) is 47.3 Å².